The zero-order valence-electron chi connectivity index (χ0n) is 9.91. The van der Waals surface area contributed by atoms with E-state index in [-0.39, 0.29) is 18.1 Å². The van der Waals surface area contributed by atoms with Crippen molar-refractivity contribution in [1.82, 2.24) is 0 Å². The van der Waals surface area contributed by atoms with E-state index in [0.29, 0.717) is 6.42 Å². The Kier molecular flexibility index (Phi) is 4.06. The Balaban J connectivity index is 1.92. The summed E-state index contributed by atoms with van der Waals surface area (Å²) in [5.41, 5.74) is -5.78. The molecule has 0 saturated carbocycles. The molecule has 0 amide bonds. The Bertz CT molecular complexity index is 572. The predicted octanol–water partition coefficient (Wildman–Crippen LogP) is 1.04. The number of ether oxygens (including phenoxy) is 1. The van der Waals surface area contributed by atoms with Gasteiger partial charge in [-0.05, 0) is 19.3 Å². The number of fused-ring (bicyclic) bond motifs is 2. The fourth-order valence-electron chi connectivity index (χ4n) is 2.28. The molecular weight excluding hydrogens is 327 g/mol. The minimum atomic E-state index is -6.13. The lowest BCUT2D eigenvalue weighted by atomic mass is 9.90. The van der Waals surface area contributed by atoms with Crippen LogP contribution in [0.4, 0.5) is 13.2 Å². The fraction of sp³-hybridized carbons (Fsp3) is 1.00. The van der Waals surface area contributed by atoms with Gasteiger partial charge in [-0.15, -0.1) is 0 Å². The van der Waals surface area contributed by atoms with Crippen LogP contribution in [0.15, 0.2) is 0 Å². The molecule has 2 heterocycles. The van der Waals surface area contributed by atoms with Gasteiger partial charge in [0.05, 0.1) is 18.8 Å². The van der Waals surface area contributed by atoms with Gasteiger partial charge in [-0.2, -0.15) is 13.2 Å². The Hall–Kier alpha value is -0.430. The van der Waals surface area contributed by atoms with E-state index < -0.39 is 32.4 Å². The molecular formula is C8H11F3NO6S2-. The lowest BCUT2D eigenvalue weighted by molar-refractivity contribution is -0.0425. The Morgan fingerprint density at radius 1 is 1.20 bits per heavy atom. The van der Waals surface area contributed by atoms with E-state index in [4.69, 9.17) is 4.74 Å². The quantitative estimate of drug-likeness (QED) is 0.742. The molecule has 0 spiro atoms. The van der Waals surface area contributed by atoms with Crippen molar-refractivity contribution in [2.45, 2.75) is 37.0 Å². The van der Waals surface area contributed by atoms with Crippen LogP contribution < -0.4 is 0 Å². The minimum absolute atomic E-state index is 0.00662. The summed E-state index contributed by atoms with van der Waals surface area (Å²) in [7, 11) is -11.3. The van der Waals surface area contributed by atoms with Crippen LogP contribution in [0.1, 0.15) is 19.3 Å². The molecule has 2 rings (SSSR count). The summed E-state index contributed by atoms with van der Waals surface area (Å²) in [6.07, 6.45) is 1.91. The molecule has 2 aliphatic rings. The van der Waals surface area contributed by atoms with Crippen LogP contribution in [0.2, 0.25) is 0 Å². The summed E-state index contributed by atoms with van der Waals surface area (Å²) in [4.78, 5) is 0. The summed E-state index contributed by atoms with van der Waals surface area (Å²) >= 11 is 0. The first-order valence-corrected chi connectivity index (χ1v) is 8.41. The van der Waals surface area contributed by atoms with Crippen LogP contribution >= 0.6 is 0 Å². The third-order valence-corrected chi connectivity index (χ3v) is 5.68. The molecule has 12 heteroatoms. The fourth-order valence-corrected chi connectivity index (χ4v) is 4.09. The molecule has 2 fully saturated rings. The lowest BCUT2D eigenvalue weighted by Gasteiger charge is -2.24. The van der Waals surface area contributed by atoms with Crippen molar-refractivity contribution in [3.05, 3.63) is 4.13 Å². The van der Waals surface area contributed by atoms with Crippen molar-refractivity contribution in [2.24, 2.45) is 5.92 Å². The minimum Gasteiger partial charge on any atom is -0.404 e. The highest BCUT2D eigenvalue weighted by atomic mass is 32.3. The van der Waals surface area contributed by atoms with Gasteiger partial charge in [0, 0.05) is 5.92 Å². The van der Waals surface area contributed by atoms with Crippen molar-refractivity contribution < 1.29 is 38.9 Å². The van der Waals surface area contributed by atoms with Crippen molar-refractivity contribution in [2.75, 3.05) is 6.61 Å². The molecule has 0 aromatic carbocycles. The third-order valence-electron chi connectivity index (χ3n) is 3.14. The number of hydrogen-bond donors (Lipinski definition) is 0. The van der Waals surface area contributed by atoms with Gasteiger partial charge in [0.25, 0.3) is 0 Å². The average molecular weight is 338 g/mol. The van der Waals surface area contributed by atoms with E-state index in [1.54, 1.807) is 4.13 Å². The van der Waals surface area contributed by atoms with Crippen LogP contribution in [-0.4, -0.2) is 41.2 Å². The maximum Gasteiger partial charge on any atom is 0.480 e. The van der Waals surface area contributed by atoms with E-state index in [0.717, 1.165) is 12.8 Å². The van der Waals surface area contributed by atoms with Crippen molar-refractivity contribution in [3.63, 3.8) is 0 Å². The van der Waals surface area contributed by atoms with Crippen LogP contribution in [-0.2, 0) is 29.2 Å². The first-order chi connectivity index (χ1) is 9.00. The van der Waals surface area contributed by atoms with Crippen LogP contribution in [0.3, 0.4) is 0 Å². The van der Waals surface area contributed by atoms with E-state index in [1.807, 2.05) is 0 Å². The van der Waals surface area contributed by atoms with E-state index in [1.165, 1.54) is 0 Å². The summed E-state index contributed by atoms with van der Waals surface area (Å²) < 4.78 is 91.0. The Morgan fingerprint density at radius 2 is 1.85 bits per heavy atom. The Morgan fingerprint density at radius 3 is 2.30 bits per heavy atom. The van der Waals surface area contributed by atoms with Crippen molar-refractivity contribution in [3.8, 4) is 0 Å². The summed E-state index contributed by atoms with van der Waals surface area (Å²) in [6, 6.07) is 0. The smallest absolute Gasteiger partial charge is 0.404 e. The first-order valence-electron chi connectivity index (χ1n) is 5.60. The number of nitrogens with zero attached hydrogens (tertiary/aromatic N) is 1. The number of halogens is 3. The average Bonchev–Trinajstić information content (AvgIpc) is 2.84. The number of sulfonamides is 1. The summed E-state index contributed by atoms with van der Waals surface area (Å²) in [5, 5.41) is 0. The molecule has 2 saturated heterocycles. The van der Waals surface area contributed by atoms with Gasteiger partial charge in [-0.3, -0.25) is 4.18 Å². The monoisotopic (exact) mass is 338 g/mol. The zero-order chi connectivity index (χ0) is 15.2. The second-order valence-corrected chi connectivity index (χ2v) is 7.68. The van der Waals surface area contributed by atoms with E-state index >= 15 is 0 Å². The molecule has 3 unspecified atom stereocenters. The van der Waals surface area contributed by atoms with Crippen LogP contribution in [0.5, 0.6) is 0 Å². The van der Waals surface area contributed by atoms with Gasteiger partial charge in [0.1, 0.15) is 0 Å². The molecule has 3 atom stereocenters. The Labute approximate surface area is 113 Å². The van der Waals surface area contributed by atoms with Gasteiger partial charge < -0.3 is 8.86 Å². The zero-order valence-corrected chi connectivity index (χ0v) is 11.5. The molecule has 2 bridgehead atoms. The van der Waals surface area contributed by atoms with Crippen LogP contribution in [0.25, 0.3) is 4.13 Å². The largest absolute Gasteiger partial charge is 0.480 e. The van der Waals surface area contributed by atoms with Gasteiger partial charge in [0.2, 0.25) is 10.3 Å². The standard InChI is InChI=1S/C8H11F3NO6S2/c9-8(10,11)19(13,14)12-20(15,16)17-4-5-3-6-1-2-7(5)18-6/h5-7H,1-4H2/q-1. The highest BCUT2D eigenvalue weighted by molar-refractivity contribution is 8.10. The normalized spacial score (nSPS) is 30.9. The molecule has 0 N–H and O–H groups in total. The second-order valence-electron chi connectivity index (χ2n) is 4.58. The van der Waals surface area contributed by atoms with Gasteiger partial charge >= 0.3 is 5.51 Å². The molecule has 7 nitrogen and oxygen atoms in total. The first kappa shape index (κ1) is 15.9. The molecule has 2 aliphatic heterocycles. The summed E-state index contributed by atoms with van der Waals surface area (Å²) in [5.74, 6) is -0.285. The van der Waals surface area contributed by atoms with Crippen molar-refractivity contribution >= 4 is 20.3 Å². The van der Waals surface area contributed by atoms with E-state index in [2.05, 4.69) is 4.18 Å². The molecule has 0 aromatic heterocycles. The van der Waals surface area contributed by atoms with Gasteiger partial charge in [-0.1, -0.05) is 0 Å². The summed E-state index contributed by atoms with van der Waals surface area (Å²) in [6.45, 7) is -0.444. The molecule has 0 aliphatic carbocycles. The molecule has 118 valence electrons. The molecule has 20 heavy (non-hydrogen) atoms. The highest BCUT2D eigenvalue weighted by Crippen LogP contribution is 2.39. The van der Waals surface area contributed by atoms with Crippen molar-refractivity contribution in [1.29, 1.82) is 0 Å². The highest BCUT2D eigenvalue weighted by Gasteiger charge is 2.42. The molecule has 0 radical (unpaired) electrons. The molecule has 0 aromatic rings. The topological polar surface area (TPSA) is 101 Å². The third kappa shape index (κ3) is 3.42. The van der Waals surface area contributed by atoms with Gasteiger partial charge in [0.15, 0.2) is 10.0 Å². The second kappa shape index (κ2) is 5.09. The number of rotatable bonds is 5. The lowest BCUT2D eigenvalue weighted by Crippen LogP contribution is -2.27. The number of alkyl halides is 3. The SMILES string of the molecule is O=S(=O)([N-]S(=O)(=O)C(F)(F)F)OCC1CC2CCC1O2. The van der Waals surface area contributed by atoms with Crippen LogP contribution in [0, 0.1) is 5.92 Å². The number of hydrogen-bond acceptors (Lipinski definition) is 6. The van der Waals surface area contributed by atoms with Gasteiger partial charge in [-0.25, -0.2) is 16.8 Å². The maximum atomic E-state index is 12.0. The predicted molar refractivity (Wildman–Crippen MR) is 59.2 cm³/mol. The van der Waals surface area contributed by atoms with E-state index in [9.17, 15) is 30.0 Å². The maximum absolute atomic E-state index is 12.0.